The summed E-state index contributed by atoms with van der Waals surface area (Å²) in [5, 5.41) is 0. The molecule has 1 saturated heterocycles. The molecule has 0 radical (unpaired) electrons. The fraction of sp³-hybridized carbons (Fsp3) is 0.500. The van der Waals surface area contributed by atoms with Crippen LogP contribution in [0.1, 0.15) is 61.6 Å². The zero-order valence-electron chi connectivity index (χ0n) is 16.7. The zero-order valence-corrected chi connectivity index (χ0v) is 16.7. The van der Waals surface area contributed by atoms with Gasteiger partial charge in [-0.15, -0.1) is 0 Å². The highest BCUT2D eigenvalue weighted by atomic mass is 16.6. The molecule has 0 amide bonds. The molecular formula is C22H24O7. The first-order valence-electron chi connectivity index (χ1n) is 9.71. The number of fused-ring (bicyclic) bond motifs is 5. The Hall–Kier alpha value is -2.67. The molecule has 1 aromatic rings. The summed E-state index contributed by atoms with van der Waals surface area (Å²) in [6, 6.07) is 1.71. The average molecular weight is 400 g/mol. The van der Waals surface area contributed by atoms with E-state index < -0.39 is 29.7 Å². The van der Waals surface area contributed by atoms with Crippen molar-refractivity contribution in [2.75, 3.05) is 0 Å². The molecule has 1 fully saturated rings. The van der Waals surface area contributed by atoms with Crippen molar-refractivity contribution >= 4 is 18.2 Å². The highest BCUT2D eigenvalue weighted by Crippen LogP contribution is 2.54. The maximum absolute atomic E-state index is 12.5. The predicted molar refractivity (Wildman–Crippen MR) is 101 cm³/mol. The van der Waals surface area contributed by atoms with Gasteiger partial charge >= 0.3 is 11.9 Å². The summed E-state index contributed by atoms with van der Waals surface area (Å²) < 4.78 is 22.9. The maximum Gasteiger partial charge on any atom is 0.338 e. The first-order valence-corrected chi connectivity index (χ1v) is 9.71. The molecule has 4 heterocycles. The van der Waals surface area contributed by atoms with Crippen LogP contribution in [0.25, 0.3) is 0 Å². The third kappa shape index (κ3) is 3.67. The van der Waals surface area contributed by atoms with Gasteiger partial charge in [-0.2, -0.15) is 0 Å². The summed E-state index contributed by atoms with van der Waals surface area (Å²) in [5.41, 5.74) is 1.08. The molecule has 7 nitrogen and oxygen atoms in total. The summed E-state index contributed by atoms with van der Waals surface area (Å²) in [5.74, 6) is 0.00368. The van der Waals surface area contributed by atoms with E-state index in [0.717, 1.165) is 11.9 Å². The van der Waals surface area contributed by atoms with E-state index in [0.29, 0.717) is 41.9 Å². The summed E-state index contributed by atoms with van der Waals surface area (Å²) in [7, 11) is 0. The molecule has 154 valence electrons. The van der Waals surface area contributed by atoms with E-state index in [9.17, 15) is 14.4 Å². The summed E-state index contributed by atoms with van der Waals surface area (Å²) in [6.07, 6.45) is 2.14. The lowest BCUT2D eigenvalue weighted by Gasteiger charge is -2.23. The summed E-state index contributed by atoms with van der Waals surface area (Å²) >= 11 is 0. The van der Waals surface area contributed by atoms with Crippen LogP contribution in [0.2, 0.25) is 0 Å². The molecule has 4 rings (SSSR count). The SMILES string of the molecule is C=C(C)[C@H]1Cc2oc(cc2C=O)[C@H]2O[C@]2(C)C[C@H]2C=C(C(=O)O2)[C@@H](OC(C)=O)C1. The topological polar surface area (TPSA) is 95.3 Å². The number of aldehydes is 1. The van der Waals surface area contributed by atoms with Crippen molar-refractivity contribution in [3.8, 4) is 0 Å². The second-order valence-electron chi connectivity index (χ2n) is 8.31. The van der Waals surface area contributed by atoms with Gasteiger partial charge in [0.1, 0.15) is 35.4 Å². The van der Waals surface area contributed by atoms with Gasteiger partial charge in [0.05, 0.1) is 11.1 Å². The monoisotopic (exact) mass is 400 g/mol. The van der Waals surface area contributed by atoms with Crippen LogP contribution in [0.3, 0.4) is 0 Å². The van der Waals surface area contributed by atoms with Gasteiger partial charge in [0.2, 0.25) is 0 Å². The highest BCUT2D eigenvalue weighted by Gasteiger charge is 2.57. The second-order valence-corrected chi connectivity index (χ2v) is 8.31. The van der Waals surface area contributed by atoms with Crippen LogP contribution in [-0.2, 0) is 30.2 Å². The number of rotatable bonds is 3. The van der Waals surface area contributed by atoms with Crippen molar-refractivity contribution in [2.45, 2.75) is 63.9 Å². The molecule has 3 aliphatic heterocycles. The molecule has 4 bridgehead atoms. The number of allylic oxidation sites excluding steroid dienone is 1. The van der Waals surface area contributed by atoms with Gasteiger partial charge in [-0.3, -0.25) is 9.59 Å². The number of furan rings is 1. The van der Waals surface area contributed by atoms with Crippen LogP contribution in [-0.4, -0.2) is 36.0 Å². The molecule has 0 aromatic carbocycles. The molecule has 1 aromatic heterocycles. The van der Waals surface area contributed by atoms with Crippen LogP contribution in [0.15, 0.2) is 34.3 Å². The van der Waals surface area contributed by atoms with Crippen LogP contribution in [0, 0.1) is 5.92 Å². The summed E-state index contributed by atoms with van der Waals surface area (Å²) in [6.45, 7) is 9.13. The zero-order chi connectivity index (χ0) is 20.9. The third-order valence-corrected chi connectivity index (χ3v) is 5.88. The van der Waals surface area contributed by atoms with E-state index >= 15 is 0 Å². The van der Waals surface area contributed by atoms with Gasteiger partial charge in [0.15, 0.2) is 6.29 Å². The van der Waals surface area contributed by atoms with Gasteiger partial charge in [0, 0.05) is 19.8 Å². The third-order valence-electron chi connectivity index (χ3n) is 5.88. The van der Waals surface area contributed by atoms with E-state index in [-0.39, 0.29) is 12.0 Å². The fourth-order valence-electron chi connectivity index (χ4n) is 4.23. The Morgan fingerprint density at radius 3 is 2.79 bits per heavy atom. The number of carbonyl (C=O) groups excluding carboxylic acids is 3. The van der Waals surface area contributed by atoms with E-state index in [4.69, 9.17) is 18.6 Å². The Bertz CT molecular complexity index is 924. The largest absolute Gasteiger partial charge is 0.462 e. The molecular weight excluding hydrogens is 376 g/mol. The first-order chi connectivity index (χ1) is 13.7. The Morgan fingerprint density at radius 1 is 1.38 bits per heavy atom. The standard InChI is InChI=1S/C22H24O7/c1-11(2)13-5-17-14(10-23)7-19(28-17)20-22(4,29-20)9-15-8-16(21(25)27-15)18(6-13)26-12(3)24/h7-8,10,13,15,18,20H,1,5-6,9H2,2-4H3/t13-,15+,18-,20+,22+/m0/s1. The normalized spacial score (nSPS) is 33.2. The van der Waals surface area contributed by atoms with Gasteiger partial charge in [-0.25, -0.2) is 4.79 Å². The Labute approximate surface area is 168 Å². The van der Waals surface area contributed by atoms with Gasteiger partial charge in [0.25, 0.3) is 0 Å². The van der Waals surface area contributed by atoms with Crippen molar-refractivity contribution < 1.29 is 33.0 Å². The van der Waals surface area contributed by atoms with Crippen LogP contribution >= 0.6 is 0 Å². The molecule has 0 N–H and O–H groups in total. The minimum Gasteiger partial charge on any atom is -0.462 e. The number of hydrogen-bond acceptors (Lipinski definition) is 7. The summed E-state index contributed by atoms with van der Waals surface area (Å²) in [4.78, 5) is 35.8. The van der Waals surface area contributed by atoms with E-state index in [1.54, 1.807) is 12.1 Å². The predicted octanol–water partition coefficient (Wildman–Crippen LogP) is 3.23. The fourth-order valence-corrected chi connectivity index (χ4v) is 4.23. The van der Waals surface area contributed by atoms with Crippen molar-refractivity contribution in [2.24, 2.45) is 5.92 Å². The second kappa shape index (κ2) is 6.99. The molecule has 3 aliphatic rings. The average Bonchev–Trinajstić information content (AvgIpc) is 2.97. The van der Waals surface area contributed by atoms with Crippen molar-refractivity contribution in [3.05, 3.63) is 47.0 Å². The van der Waals surface area contributed by atoms with E-state index in [2.05, 4.69) is 6.58 Å². The molecule has 0 unspecified atom stereocenters. The lowest BCUT2D eigenvalue weighted by Crippen LogP contribution is -2.26. The Morgan fingerprint density at radius 2 is 2.14 bits per heavy atom. The Balaban J connectivity index is 1.76. The van der Waals surface area contributed by atoms with Gasteiger partial charge < -0.3 is 18.6 Å². The van der Waals surface area contributed by atoms with Crippen LogP contribution < -0.4 is 0 Å². The van der Waals surface area contributed by atoms with Gasteiger partial charge in [-0.1, -0.05) is 12.2 Å². The Kier molecular flexibility index (Phi) is 4.73. The van der Waals surface area contributed by atoms with Crippen molar-refractivity contribution in [1.82, 2.24) is 0 Å². The lowest BCUT2D eigenvalue weighted by molar-refractivity contribution is -0.147. The number of ether oxygens (including phenoxy) is 3. The molecule has 7 heteroatoms. The molecule has 0 saturated carbocycles. The number of hydrogen-bond donors (Lipinski definition) is 0. The smallest absolute Gasteiger partial charge is 0.338 e. The minimum absolute atomic E-state index is 0.169. The van der Waals surface area contributed by atoms with E-state index in [1.165, 1.54) is 6.92 Å². The number of carbonyl (C=O) groups is 3. The van der Waals surface area contributed by atoms with Gasteiger partial charge in [-0.05, 0) is 38.3 Å². The minimum atomic E-state index is -0.759. The molecule has 0 spiro atoms. The first kappa shape index (κ1) is 19.6. The van der Waals surface area contributed by atoms with Crippen molar-refractivity contribution in [1.29, 1.82) is 0 Å². The van der Waals surface area contributed by atoms with Crippen LogP contribution in [0.5, 0.6) is 0 Å². The molecule has 0 aliphatic carbocycles. The number of epoxide rings is 1. The van der Waals surface area contributed by atoms with Crippen molar-refractivity contribution in [3.63, 3.8) is 0 Å². The molecule has 5 atom stereocenters. The maximum atomic E-state index is 12.5. The lowest BCUT2D eigenvalue weighted by atomic mass is 9.87. The van der Waals surface area contributed by atoms with Crippen LogP contribution in [0.4, 0.5) is 0 Å². The highest BCUT2D eigenvalue weighted by molar-refractivity contribution is 5.92. The quantitative estimate of drug-likeness (QED) is 0.333. The number of esters is 2. The molecule has 29 heavy (non-hydrogen) atoms. The van der Waals surface area contributed by atoms with E-state index in [1.807, 2.05) is 13.8 Å².